The van der Waals surface area contributed by atoms with E-state index in [0.717, 1.165) is 64.2 Å². The van der Waals surface area contributed by atoms with Crippen LogP contribution in [0.2, 0.25) is 0 Å². The number of unbranched alkanes of at least 4 members (excludes halogenated alkanes) is 18. The number of aliphatic hydroxyl groups is 1. The zero-order chi connectivity index (χ0) is 38.6. The van der Waals surface area contributed by atoms with Crippen LogP contribution in [0.4, 0.5) is 0 Å². The molecule has 0 spiro atoms. The molecule has 2 N–H and O–H groups in total. The molecule has 0 aromatic heterocycles. The lowest BCUT2D eigenvalue weighted by atomic mass is 10.1. The molecular weight excluding hydrogens is 671 g/mol. The molecule has 304 valence electrons. The van der Waals surface area contributed by atoms with Gasteiger partial charge in [-0.1, -0.05) is 140 Å². The van der Waals surface area contributed by atoms with Crippen molar-refractivity contribution in [2.24, 2.45) is 0 Å². The maximum Gasteiger partial charge on any atom is 0.268 e. The lowest BCUT2D eigenvalue weighted by Crippen LogP contribution is -2.45. The Labute approximate surface area is 320 Å². The molecular formula is C43H81N2O6P. The summed E-state index contributed by atoms with van der Waals surface area (Å²) < 4.78 is 23.1. The Hall–Kier alpha value is -1.54. The number of amides is 1. The molecule has 0 aromatic carbocycles. The van der Waals surface area contributed by atoms with Gasteiger partial charge in [-0.05, 0) is 70.6 Å². The number of rotatable bonds is 37. The van der Waals surface area contributed by atoms with E-state index in [4.69, 9.17) is 9.05 Å². The van der Waals surface area contributed by atoms with Gasteiger partial charge in [-0.2, -0.15) is 0 Å². The Kier molecular flexibility index (Phi) is 34.1. The molecule has 0 saturated heterocycles. The smallest absolute Gasteiger partial charge is 0.268 e. The normalized spacial score (nSPS) is 15.0. The fourth-order valence-corrected chi connectivity index (χ4v) is 6.31. The van der Waals surface area contributed by atoms with Gasteiger partial charge in [-0.3, -0.25) is 9.36 Å². The van der Waals surface area contributed by atoms with E-state index in [1.807, 2.05) is 27.2 Å². The minimum absolute atomic E-state index is 0.0117. The van der Waals surface area contributed by atoms with E-state index in [9.17, 15) is 19.4 Å². The summed E-state index contributed by atoms with van der Waals surface area (Å²) in [6, 6.07) is -0.912. The Balaban J connectivity index is 4.58. The van der Waals surface area contributed by atoms with Crippen molar-refractivity contribution in [1.82, 2.24) is 5.32 Å². The van der Waals surface area contributed by atoms with E-state index in [1.54, 1.807) is 6.08 Å². The van der Waals surface area contributed by atoms with Crippen LogP contribution in [0, 0.1) is 0 Å². The molecule has 0 heterocycles. The predicted octanol–water partition coefficient (Wildman–Crippen LogP) is 10.7. The van der Waals surface area contributed by atoms with Gasteiger partial charge in [-0.25, -0.2) is 0 Å². The number of hydrogen-bond donors (Lipinski definition) is 2. The first kappa shape index (κ1) is 50.5. The first-order valence-corrected chi connectivity index (χ1v) is 22.5. The van der Waals surface area contributed by atoms with E-state index in [1.165, 1.54) is 83.5 Å². The monoisotopic (exact) mass is 753 g/mol. The van der Waals surface area contributed by atoms with Gasteiger partial charge < -0.3 is 28.8 Å². The molecule has 0 radical (unpaired) electrons. The summed E-state index contributed by atoms with van der Waals surface area (Å²) in [4.78, 5) is 25.2. The molecule has 0 aliphatic heterocycles. The SMILES string of the molecule is CCCCCCC/C=C\CCCCCCCC(=O)NC(COP(=O)([O-])OCC[N+](C)(C)C)C(O)/C=C/CC/C=C/CC/C=C/CCCCCCCC. The number of allylic oxidation sites excluding steroid dienone is 7. The van der Waals surface area contributed by atoms with Gasteiger partial charge in [0, 0.05) is 6.42 Å². The molecule has 0 rings (SSSR count). The summed E-state index contributed by atoms with van der Waals surface area (Å²) in [7, 11) is 1.22. The van der Waals surface area contributed by atoms with Crippen molar-refractivity contribution >= 4 is 13.7 Å². The highest BCUT2D eigenvalue weighted by atomic mass is 31.2. The zero-order valence-electron chi connectivity index (χ0n) is 34.2. The van der Waals surface area contributed by atoms with Crippen LogP contribution < -0.4 is 10.2 Å². The third kappa shape index (κ3) is 36.8. The van der Waals surface area contributed by atoms with Crippen LogP contribution in [0.3, 0.4) is 0 Å². The zero-order valence-corrected chi connectivity index (χ0v) is 35.1. The average Bonchev–Trinajstić information content (AvgIpc) is 3.09. The number of hydrogen-bond acceptors (Lipinski definition) is 6. The number of carbonyl (C=O) groups is 1. The molecule has 8 nitrogen and oxygen atoms in total. The molecule has 9 heteroatoms. The van der Waals surface area contributed by atoms with Crippen molar-refractivity contribution in [3.63, 3.8) is 0 Å². The van der Waals surface area contributed by atoms with Gasteiger partial charge in [0.05, 0.1) is 39.9 Å². The predicted molar refractivity (Wildman–Crippen MR) is 219 cm³/mol. The van der Waals surface area contributed by atoms with Crippen molar-refractivity contribution in [3.8, 4) is 0 Å². The van der Waals surface area contributed by atoms with Crippen molar-refractivity contribution in [1.29, 1.82) is 0 Å². The van der Waals surface area contributed by atoms with E-state index in [-0.39, 0.29) is 12.5 Å². The quantitative estimate of drug-likeness (QED) is 0.0283. The molecule has 3 atom stereocenters. The summed E-state index contributed by atoms with van der Waals surface area (Å²) >= 11 is 0. The lowest BCUT2D eigenvalue weighted by molar-refractivity contribution is -0.870. The molecule has 0 aliphatic carbocycles. The second-order valence-corrected chi connectivity index (χ2v) is 16.7. The largest absolute Gasteiger partial charge is 0.756 e. The standard InChI is InChI=1S/C43H81N2O6P/c1-6-8-10-12-14-16-18-20-22-23-24-26-28-30-32-34-36-42(46)41(40-51-52(48,49)50-39-38-45(3,4)5)44-43(47)37-35-33-31-29-27-25-21-19-17-15-13-11-9-7-2/h19-22,26,28,34,36,41-42,46H,6-18,23-25,27,29-33,35,37-40H2,1-5H3,(H-,44,47,48,49)/b21-19-,22-20+,28-26+,36-34+. The van der Waals surface area contributed by atoms with Crippen LogP contribution in [0.15, 0.2) is 48.6 Å². The lowest BCUT2D eigenvalue weighted by Gasteiger charge is -2.29. The summed E-state index contributed by atoms with van der Waals surface area (Å²) in [6.45, 7) is 4.57. The van der Waals surface area contributed by atoms with Gasteiger partial charge in [0.15, 0.2) is 0 Å². The van der Waals surface area contributed by atoms with Crippen LogP contribution in [-0.2, 0) is 18.4 Å². The van der Waals surface area contributed by atoms with Crippen molar-refractivity contribution in [2.75, 3.05) is 40.9 Å². The fraction of sp³-hybridized carbons (Fsp3) is 0.791. The number of carbonyl (C=O) groups excluding carboxylic acids is 1. The van der Waals surface area contributed by atoms with Crippen LogP contribution in [0.5, 0.6) is 0 Å². The Morgan fingerprint density at radius 1 is 0.654 bits per heavy atom. The van der Waals surface area contributed by atoms with Gasteiger partial charge >= 0.3 is 0 Å². The molecule has 0 fully saturated rings. The number of quaternary nitrogens is 1. The van der Waals surface area contributed by atoms with E-state index in [0.29, 0.717) is 17.4 Å². The van der Waals surface area contributed by atoms with Crippen LogP contribution in [-0.4, -0.2) is 68.5 Å². The Bertz CT molecular complexity index is 991. The van der Waals surface area contributed by atoms with E-state index < -0.39 is 26.6 Å². The third-order valence-corrected chi connectivity index (χ3v) is 9.95. The van der Waals surface area contributed by atoms with Crippen molar-refractivity contribution < 1.29 is 32.9 Å². The minimum atomic E-state index is -4.60. The number of aliphatic hydroxyl groups excluding tert-OH is 1. The number of nitrogens with zero attached hydrogens (tertiary/aromatic N) is 1. The first-order chi connectivity index (χ1) is 25.0. The van der Waals surface area contributed by atoms with Crippen LogP contribution >= 0.6 is 7.82 Å². The number of likely N-dealkylation sites (N-methyl/N-ethyl adjacent to an activating group) is 1. The summed E-state index contributed by atoms with van der Waals surface area (Å²) in [5.74, 6) is -0.224. The highest BCUT2D eigenvalue weighted by Crippen LogP contribution is 2.38. The fourth-order valence-electron chi connectivity index (χ4n) is 5.59. The second kappa shape index (κ2) is 35.2. The Morgan fingerprint density at radius 3 is 1.56 bits per heavy atom. The molecule has 0 aromatic rings. The third-order valence-electron chi connectivity index (χ3n) is 8.99. The first-order valence-electron chi connectivity index (χ1n) is 21.0. The summed E-state index contributed by atoms with van der Waals surface area (Å²) in [6.07, 6.45) is 42.9. The molecule has 3 unspecified atom stereocenters. The molecule has 0 bridgehead atoms. The minimum Gasteiger partial charge on any atom is -0.756 e. The number of phosphoric acid groups is 1. The van der Waals surface area contributed by atoms with Gasteiger partial charge in [0.2, 0.25) is 5.91 Å². The molecule has 0 saturated carbocycles. The number of phosphoric ester groups is 1. The van der Waals surface area contributed by atoms with Crippen LogP contribution in [0.25, 0.3) is 0 Å². The van der Waals surface area contributed by atoms with Gasteiger partial charge in [-0.15, -0.1) is 0 Å². The van der Waals surface area contributed by atoms with E-state index in [2.05, 4.69) is 55.6 Å². The highest BCUT2D eigenvalue weighted by molar-refractivity contribution is 7.45. The second-order valence-electron chi connectivity index (χ2n) is 15.3. The topological polar surface area (TPSA) is 108 Å². The van der Waals surface area contributed by atoms with Crippen LogP contribution in [0.1, 0.15) is 168 Å². The maximum atomic E-state index is 12.8. The maximum absolute atomic E-state index is 12.8. The molecule has 52 heavy (non-hydrogen) atoms. The number of nitrogens with one attached hydrogen (secondary N) is 1. The van der Waals surface area contributed by atoms with Gasteiger partial charge in [0.25, 0.3) is 7.82 Å². The summed E-state index contributed by atoms with van der Waals surface area (Å²) in [5.41, 5.74) is 0. The van der Waals surface area contributed by atoms with Crippen molar-refractivity contribution in [2.45, 2.75) is 180 Å². The van der Waals surface area contributed by atoms with Gasteiger partial charge in [0.1, 0.15) is 13.2 Å². The highest BCUT2D eigenvalue weighted by Gasteiger charge is 2.23. The molecule has 0 aliphatic rings. The van der Waals surface area contributed by atoms with E-state index >= 15 is 0 Å². The van der Waals surface area contributed by atoms with Crippen molar-refractivity contribution in [3.05, 3.63) is 48.6 Å². The average molecular weight is 753 g/mol. The Morgan fingerprint density at radius 2 is 1.08 bits per heavy atom. The molecule has 1 amide bonds. The summed E-state index contributed by atoms with van der Waals surface area (Å²) in [5, 5.41) is 13.7.